The summed E-state index contributed by atoms with van der Waals surface area (Å²) < 4.78 is 38.9. The minimum absolute atomic E-state index is 0.0730. The molecule has 33 heavy (non-hydrogen) atoms. The van der Waals surface area contributed by atoms with Gasteiger partial charge in [-0.3, -0.25) is 5.10 Å². The number of rotatable bonds is 4. The quantitative estimate of drug-likeness (QED) is 0.543. The van der Waals surface area contributed by atoms with Gasteiger partial charge in [-0.15, -0.1) is 0 Å². The summed E-state index contributed by atoms with van der Waals surface area (Å²) in [5.74, 6) is 0.375. The summed E-state index contributed by atoms with van der Waals surface area (Å²) in [5, 5.41) is 13.0. The topological polar surface area (TPSA) is 98.8 Å². The van der Waals surface area contributed by atoms with Crippen LogP contribution in [0.4, 0.5) is 29.7 Å². The first kappa shape index (κ1) is 21.2. The summed E-state index contributed by atoms with van der Waals surface area (Å²) in [6.07, 6.45) is -2.66. The number of nitrogens with zero attached hydrogens (tertiary/aromatic N) is 4. The van der Waals surface area contributed by atoms with E-state index in [0.29, 0.717) is 23.0 Å². The summed E-state index contributed by atoms with van der Waals surface area (Å²) in [5.41, 5.74) is 0.864. The van der Waals surface area contributed by atoms with Gasteiger partial charge in [-0.2, -0.15) is 18.3 Å². The summed E-state index contributed by atoms with van der Waals surface area (Å²) in [7, 11) is 0. The lowest BCUT2D eigenvalue weighted by atomic mass is 10.0. The average Bonchev–Trinajstić information content (AvgIpc) is 3.33. The zero-order valence-corrected chi connectivity index (χ0v) is 17.9. The maximum Gasteiger partial charge on any atom is 0.433 e. The normalized spacial score (nSPS) is 20.9. The Morgan fingerprint density at radius 3 is 2.70 bits per heavy atom. The van der Waals surface area contributed by atoms with Crippen molar-refractivity contribution in [3.05, 3.63) is 65.1 Å². The number of nitrogens with one attached hydrogen (secondary N) is 3. The molecular formula is C22H22F3N7O. The number of hydrogen-bond acceptors (Lipinski definition) is 5. The first-order valence-electron chi connectivity index (χ1n) is 10.5. The number of carbonyl (C=O) groups is 1. The molecule has 1 unspecified atom stereocenters. The number of halogens is 3. The molecule has 0 radical (unpaired) electrons. The third-order valence-corrected chi connectivity index (χ3v) is 6.22. The number of H-pyrrole nitrogens is 1. The number of urea groups is 1. The molecule has 11 heteroatoms. The Hall–Kier alpha value is -3.63. The van der Waals surface area contributed by atoms with Crippen molar-refractivity contribution in [2.24, 2.45) is 0 Å². The highest BCUT2D eigenvalue weighted by Crippen LogP contribution is 2.43. The van der Waals surface area contributed by atoms with Crippen molar-refractivity contribution in [2.75, 3.05) is 5.32 Å². The lowest BCUT2D eigenvalue weighted by Gasteiger charge is -2.32. The molecule has 0 saturated heterocycles. The van der Waals surface area contributed by atoms with Crippen LogP contribution in [0.15, 0.2) is 42.6 Å². The summed E-state index contributed by atoms with van der Waals surface area (Å²) >= 11 is 0. The molecule has 8 nitrogen and oxygen atoms in total. The van der Waals surface area contributed by atoms with Crippen LogP contribution in [0.25, 0.3) is 0 Å². The molecule has 3 aromatic rings. The van der Waals surface area contributed by atoms with Crippen molar-refractivity contribution >= 4 is 17.8 Å². The second kappa shape index (κ2) is 7.46. The lowest BCUT2D eigenvalue weighted by molar-refractivity contribution is -0.141. The van der Waals surface area contributed by atoms with Crippen LogP contribution in [0.5, 0.6) is 0 Å². The van der Waals surface area contributed by atoms with Crippen LogP contribution in [-0.4, -0.2) is 37.1 Å². The minimum Gasteiger partial charge on any atom is -0.335 e. The van der Waals surface area contributed by atoms with Gasteiger partial charge < -0.3 is 15.5 Å². The molecule has 2 atom stereocenters. The van der Waals surface area contributed by atoms with E-state index in [1.807, 2.05) is 32.0 Å². The Balaban J connectivity index is 1.30. The van der Waals surface area contributed by atoms with Crippen molar-refractivity contribution in [2.45, 2.75) is 50.5 Å². The van der Waals surface area contributed by atoms with Crippen molar-refractivity contribution in [1.82, 2.24) is 30.4 Å². The molecule has 1 aromatic carbocycles. The number of alkyl halides is 3. The predicted molar refractivity (Wildman–Crippen MR) is 114 cm³/mol. The molecule has 0 bridgehead atoms. The Bertz CT molecular complexity index is 1190. The maximum absolute atomic E-state index is 13.1. The Morgan fingerprint density at radius 2 is 1.97 bits per heavy atom. The molecular weight excluding hydrogens is 435 g/mol. The largest absolute Gasteiger partial charge is 0.433 e. The number of anilines is 2. The fraction of sp³-hybridized carbons (Fsp3) is 0.364. The van der Waals surface area contributed by atoms with E-state index in [1.54, 1.807) is 4.90 Å². The van der Waals surface area contributed by atoms with Crippen LogP contribution in [0.3, 0.4) is 0 Å². The monoisotopic (exact) mass is 457 g/mol. The van der Waals surface area contributed by atoms with Gasteiger partial charge in [-0.25, -0.2) is 14.8 Å². The number of benzene rings is 1. The zero-order valence-electron chi connectivity index (χ0n) is 17.9. The number of aromatic amines is 1. The van der Waals surface area contributed by atoms with Crippen molar-refractivity contribution in [1.29, 1.82) is 0 Å². The van der Waals surface area contributed by atoms with Crippen LogP contribution < -0.4 is 10.6 Å². The number of amides is 2. The summed E-state index contributed by atoms with van der Waals surface area (Å²) in [6, 6.07) is 10.7. The van der Waals surface area contributed by atoms with E-state index < -0.39 is 17.4 Å². The van der Waals surface area contributed by atoms with E-state index >= 15 is 0 Å². The average molecular weight is 457 g/mol. The number of aromatic nitrogens is 4. The van der Waals surface area contributed by atoms with Gasteiger partial charge in [0.2, 0.25) is 5.95 Å². The molecule has 172 valence electrons. The first-order valence-corrected chi connectivity index (χ1v) is 10.5. The van der Waals surface area contributed by atoms with Gasteiger partial charge >= 0.3 is 12.2 Å². The molecule has 1 saturated carbocycles. The highest BCUT2D eigenvalue weighted by molar-refractivity contribution is 5.78. The van der Waals surface area contributed by atoms with Crippen LogP contribution in [-0.2, 0) is 18.3 Å². The molecule has 2 aliphatic rings. The molecule has 2 amide bonds. The van der Waals surface area contributed by atoms with Crippen molar-refractivity contribution in [3.63, 3.8) is 0 Å². The second-order valence-corrected chi connectivity index (χ2v) is 8.77. The molecule has 2 aromatic heterocycles. The molecule has 0 spiro atoms. The van der Waals surface area contributed by atoms with Gasteiger partial charge in [-0.1, -0.05) is 30.3 Å². The highest BCUT2D eigenvalue weighted by atomic mass is 19.4. The third kappa shape index (κ3) is 3.87. The molecule has 5 rings (SSSR count). The standard InChI is InChI=1S/C22H22F3N7O/c1-21(2)17-14(18(31-30-17)29-19-26-9-8-16(28-19)22(23,24)25)11-32(21)20(33)27-15-10-13(15)12-6-4-3-5-7-12/h3-9,13,15H,10-11H2,1-2H3,(H,27,33)(H2,26,28,29,30,31)/t13?,15-/m0/s1. The van der Waals surface area contributed by atoms with E-state index in [1.165, 1.54) is 5.56 Å². The molecule has 3 N–H and O–H groups in total. The molecule has 3 heterocycles. The fourth-order valence-electron chi connectivity index (χ4n) is 4.29. The second-order valence-electron chi connectivity index (χ2n) is 8.77. The van der Waals surface area contributed by atoms with E-state index in [-0.39, 0.29) is 24.6 Å². The molecule has 1 aliphatic heterocycles. The van der Waals surface area contributed by atoms with Crippen LogP contribution >= 0.6 is 0 Å². The molecule has 1 aliphatic carbocycles. The van der Waals surface area contributed by atoms with Crippen molar-refractivity contribution < 1.29 is 18.0 Å². The van der Waals surface area contributed by atoms with E-state index in [9.17, 15) is 18.0 Å². The van der Waals surface area contributed by atoms with Gasteiger partial charge in [0.05, 0.1) is 17.8 Å². The Morgan fingerprint density at radius 1 is 1.21 bits per heavy atom. The van der Waals surface area contributed by atoms with Crippen LogP contribution in [0.2, 0.25) is 0 Å². The fourth-order valence-corrected chi connectivity index (χ4v) is 4.29. The first-order chi connectivity index (χ1) is 15.6. The zero-order chi connectivity index (χ0) is 23.4. The van der Waals surface area contributed by atoms with E-state index in [2.05, 4.69) is 42.9 Å². The minimum atomic E-state index is -4.58. The lowest BCUT2D eigenvalue weighted by Crippen LogP contribution is -2.47. The van der Waals surface area contributed by atoms with Crippen molar-refractivity contribution in [3.8, 4) is 0 Å². The van der Waals surface area contributed by atoms with Crippen LogP contribution in [0.1, 0.15) is 48.7 Å². The summed E-state index contributed by atoms with van der Waals surface area (Å²) in [6.45, 7) is 4.03. The molecule has 1 fully saturated rings. The van der Waals surface area contributed by atoms with Gasteiger partial charge in [0.25, 0.3) is 0 Å². The van der Waals surface area contributed by atoms with E-state index in [4.69, 9.17) is 0 Å². The van der Waals surface area contributed by atoms with Gasteiger partial charge in [0, 0.05) is 23.7 Å². The van der Waals surface area contributed by atoms with E-state index in [0.717, 1.165) is 18.7 Å². The van der Waals surface area contributed by atoms with Crippen LogP contribution in [0, 0.1) is 0 Å². The third-order valence-electron chi connectivity index (χ3n) is 6.22. The number of fused-ring (bicyclic) bond motifs is 1. The SMILES string of the molecule is CC1(C)c2[nH]nc(Nc3nccc(C(F)(F)F)n3)c2CN1C(=O)N[C@H]1CC1c1ccccc1. The Labute approximate surface area is 187 Å². The van der Waals surface area contributed by atoms with Gasteiger partial charge in [-0.05, 0) is 31.9 Å². The summed E-state index contributed by atoms with van der Waals surface area (Å²) in [4.78, 5) is 22.2. The predicted octanol–water partition coefficient (Wildman–Crippen LogP) is 4.28. The van der Waals surface area contributed by atoms with Gasteiger partial charge in [0.15, 0.2) is 5.82 Å². The number of hydrogen-bond donors (Lipinski definition) is 3. The maximum atomic E-state index is 13.1. The van der Waals surface area contributed by atoms with Gasteiger partial charge in [0.1, 0.15) is 5.69 Å². The number of carbonyl (C=O) groups excluding carboxylic acids is 1. The Kier molecular flexibility index (Phi) is 4.80. The smallest absolute Gasteiger partial charge is 0.335 e. The highest BCUT2D eigenvalue weighted by Gasteiger charge is 2.47.